The van der Waals surface area contributed by atoms with E-state index in [2.05, 4.69) is 26.1 Å². The Hall–Kier alpha value is -4.54. The average molecular weight is 464 g/mol. The summed E-state index contributed by atoms with van der Waals surface area (Å²) in [5, 5.41) is 14.6. The van der Waals surface area contributed by atoms with E-state index in [-0.39, 0.29) is 24.0 Å². The molecule has 0 atom stereocenters. The monoisotopic (exact) mass is 464 g/mol. The van der Waals surface area contributed by atoms with Crippen LogP contribution in [0.25, 0.3) is 0 Å². The largest absolute Gasteiger partial charge is 0.462 e. The fourth-order valence-corrected chi connectivity index (χ4v) is 2.84. The third-order valence-electron chi connectivity index (χ3n) is 4.46. The summed E-state index contributed by atoms with van der Waals surface area (Å²) >= 11 is 0. The van der Waals surface area contributed by atoms with Gasteiger partial charge in [-0.15, -0.1) is 0 Å². The Kier molecular flexibility index (Phi) is 8.06. The molecule has 0 unspecified atom stereocenters. The van der Waals surface area contributed by atoms with Gasteiger partial charge < -0.3 is 10.1 Å². The minimum atomic E-state index is -0.661. The first-order valence-corrected chi connectivity index (χ1v) is 10.5. The van der Waals surface area contributed by atoms with Gasteiger partial charge in [-0.05, 0) is 35.7 Å². The number of rotatable bonds is 10. The summed E-state index contributed by atoms with van der Waals surface area (Å²) in [5.41, 5.74) is 6.05. The number of carbonyl (C=O) groups excluding carboxylic acids is 2. The summed E-state index contributed by atoms with van der Waals surface area (Å²) in [4.78, 5) is 43.1. The van der Waals surface area contributed by atoms with E-state index in [4.69, 9.17) is 4.74 Å². The van der Waals surface area contributed by atoms with Gasteiger partial charge in [-0.2, -0.15) is 0 Å². The first-order chi connectivity index (χ1) is 16.3. The predicted molar refractivity (Wildman–Crippen MR) is 125 cm³/mol. The van der Waals surface area contributed by atoms with Crippen LogP contribution in [-0.2, 0) is 16.0 Å². The van der Waals surface area contributed by atoms with Gasteiger partial charge in [0.05, 0.1) is 23.5 Å². The zero-order chi connectivity index (χ0) is 24.5. The highest BCUT2D eigenvalue weighted by Crippen LogP contribution is 2.30. The number of hydrogen-bond donors (Lipinski definition) is 3. The third kappa shape index (κ3) is 6.73. The molecule has 0 saturated carbocycles. The van der Waals surface area contributed by atoms with Crippen molar-refractivity contribution in [2.45, 2.75) is 20.3 Å². The molecule has 176 valence electrons. The minimum Gasteiger partial charge on any atom is -0.462 e. The van der Waals surface area contributed by atoms with Gasteiger partial charge in [0.1, 0.15) is 6.33 Å². The summed E-state index contributed by atoms with van der Waals surface area (Å²) in [6, 6.07) is 15.3. The Morgan fingerprint density at radius 2 is 1.71 bits per heavy atom. The Labute approximate surface area is 195 Å². The van der Waals surface area contributed by atoms with Crippen LogP contribution < -0.4 is 16.2 Å². The number of nitro groups is 1. The number of hydrazine groups is 1. The number of carbonyl (C=O) groups is 2. The fraction of sp³-hybridized carbons (Fsp3) is 0.217. The van der Waals surface area contributed by atoms with E-state index in [0.717, 1.165) is 11.9 Å². The van der Waals surface area contributed by atoms with E-state index in [1.807, 2.05) is 32.0 Å². The lowest BCUT2D eigenvalue weighted by Gasteiger charge is -2.11. The van der Waals surface area contributed by atoms with E-state index >= 15 is 0 Å². The zero-order valence-corrected chi connectivity index (χ0v) is 18.6. The second kappa shape index (κ2) is 11.4. The Morgan fingerprint density at radius 3 is 2.35 bits per heavy atom. The topological polar surface area (TPSA) is 148 Å². The summed E-state index contributed by atoms with van der Waals surface area (Å²) in [6.45, 7) is 4.18. The molecule has 0 spiro atoms. The molecule has 11 nitrogen and oxygen atoms in total. The molecule has 1 amide bonds. The molecular weight excluding hydrogens is 440 g/mol. The standard InChI is InChI=1S/C23H24N6O5/c1-15(2)13-34-23(31)17-8-10-18(11-9-17)26-21-20(29(32)33)22(25-14-24-21)28-27-19(30)12-16-6-4-3-5-7-16/h3-11,14-15H,12-13H2,1-2H3,(H,27,30)(H2,24,25,26,28). The summed E-state index contributed by atoms with van der Waals surface area (Å²) in [6.07, 6.45) is 1.21. The molecular formula is C23H24N6O5. The first-order valence-electron chi connectivity index (χ1n) is 10.5. The third-order valence-corrected chi connectivity index (χ3v) is 4.46. The summed E-state index contributed by atoms with van der Waals surface area (Å²) < 4.78 is 5.19. The highest BCUT2D eigenvalue weighted by Gasteiger charge is 2.23. The molecule has 1 aromatic heterocycles. The van der Waals surface area contributed by atoms with Gasteiger partial charge in [-0.25, -0.2) is 14.8 Å². The summed E-state index contributed by atoms with van der Waals surface area (Å²) in [5.74, 6) is -0.901. The van der Waals surface area contributed by atoms with Crippen LogP contribution in [0.5, 0.6) is 0 Å². The van der Waals surface area contributed by atoms with Crippen LogP contribution in [0.15, 0.2) is 60.9 Å². The lowest BCUT2D eigenvalue weighted by atomic mass is 10.1. The molecule has 3 N–H and O–H groups in total. The molecule has 11 heteroatoms. The molecule has 0 saturated heterocycles. The quantitative estimate of drug-likeness (QED) is 0.232. The van der Waals surface area contributed by atoms with Crippen molar-refractivity contribution >= 4 is 34.9 Å². The number of benzene rings is 2. The maximum atomic E-state index is 12.2. The van der Waals surface area contributed by atoms with Crippen molar-refractivity contribution in [1.29, 1.82) is 0 Å². The number of hydrogen-bond acceptors (Lipinski definition) is 9. The van der Waals surface area contributed by atoms with Gasteiger partial charge in [-0.3, -0.25) is 25.8 Å². The molecule has 0 aliphatic carbocycles. The molecule has 34 heavy (non-hydrogen) atoms. The van der Waals surface area contributed by atoms with E-state index < -0.39 is 22.5 Å². The highest BCUT2D eigenvalue weighted by molar-refractivity contribution is 5.90. The number of amides is 1. The Bertz CT molecular complexity index is 1150. The van der Waals surface area contributed by atoms with E-state index in [0.29, 0.717) is 17.9 Å². The molecule has 0 radical (unpaired) electrons. The van der Waals surface area contributed by atoms with Crippen LogP contribution in [0.1, 0.15) is 29.8 Å². The van der Waals surface area contributed by atoms with E-state index in [1.54, 1.807) is 36.4 Å². The zero-order valence-electron chi connectivity index (χ0n) is 18.6. The fourth-order valence-electron chi connectivity index (χ4n) is 2.84. The minimum absolute atomic E-state index is 0.0871. The molecule has 0 bridgehead atoms. The Balaban J connectivity index is 1.69. The lowest BCUT2D eigenvalue weighted by molar-refractivity contribution is -0.383. The molecule has 3 aromatic rings. The first kappa shape index (κ1) is 24.1. The van der Waals surface area contributed by atoms with Crippen molar-refractivity contribution in [2.24, 2.45) is 5.92 Å². The van der Waals surface area contributed by atoms with Crippen molar-refractivity contribution in [3.8, 4) is 0 Å². The molecule has 2 aromatic carbocycles. The molecule has 0 aliphatic heterocycles. The number of aromatic nitrogens is 2. The maximum Gasteiger partial charge on any atom is 0.355 e. The molecule has 1 heterocycles. The van der Waals surface area contributed by atoms with E-state index in [1.165, 1.54) is 0 Å². The number of ether oxygens (including phenoxy) is 1. The van der Waals surface area contributed by atoms with Crippen molar-refractivity contribution < 1.29 is 19.2 Å². The molecule has 0 fully saturated rings. The van der Waals surface area contributed by atoms with Crippen LogP contribution in [0, 0.1) is 16.0 Å². The van der Waals surface area contributed by atoms with Gasteiger partial charge in [0, 0.05) is 5.69 Å². The highest BCUT2D eigenvalue weighted by atomic mass is 16.6. The van der Waals surface area contributed by atoms with Crippen LogP contribution in [0.2, 0.25) is 0 Å². The maximum absolute atomic E-state index is 12.2. The van der Waals surface area contributed by atoms with Crippen LogP contribution in [-0.4, -0.2) is 33.4 Å². The number of nitrogens with zero attached hydrogens (tertiary/aromatic N) is 3. The lowest BCUT2D eigenvalue weighted by Crippen LogP contribution is -2.31. The average Bonchev–Trinajstić information content (AvgIpc) is 2.82. The smallest absolute Gasteiger partial charge is 0.355 e. The van der Waals surface area contributed by atoms with Gasteiger partial charge in [0.2, 0.25) is 17.5 Å². The number of esters is 1. The second-order valence-corrected chi connectivity index (χ2v) is 7.71. The van der Waals surface area contributed by atoms with E-state index in [9.17, 15) is 19.7 Å². The van der Waals surface area contributed by atoms with Crippen LogP contribution in [0.3, 0.4) is 0 Å². The second-order valence-electron chi connectivity index (χ2n) is 7.71. The van der Waals surface area contributed by atoms with Gasteiger partial charge in [0.15, 0.2) is 0 Å². The van der Waals surface area contributed by atoms with Crippen molar-refractivity contribution in [1.82, 2.24) is 15.4 Å². The van der Waals surface area contributed by atoms with Gasteiger partial charge >= 0.3 is 11.7 Å². The normalized spacial score (nSPS) is 10.4. The van der Waals surface area contributed by atoms with Gasteiger partial charge in [0.25, 0.3) is 0 Å². The summed E-state index contributed by atoms with van der Waals surface area (Å²) in [7, 11) is 0. The van der Waals surface area contributed by atoms with Gasteiger partial charge in [-0.1, -0.05) is 44.2 Å². The Morgan fingerprint density at radius 1 is 1.03 bits per heavy atom. The number of anilines is 3. The molecule has 0 aliphatic rings. The predicted octanol–water partition coefficient (Wildman–Crippen LogP) is 3.63. The SMILES string of the molecule is CC(C)COC(=O)c1ccc(Nc2ncnc(NNC(=O)Cc3ccccc3)c2[N+](=O)[O-])cc1. The number of nitrogens with one attached hydrogen (secondary N) is 3. The van der Waals surface area contributed by atoms with Crippen LogP contribution in [0.4, 0.5) is 23.0 Å². The van der Waals surface area contributed by atoms with Crippen LogP contribution >= 0.6 is 0 Å². The molecule has 3 rings (SSSR count). The van der Waals surface area contributed by atoms with Crippen molar-refractivity contribution in [2.75, 3.05) is 17.3 Å². The van der Waals surface area contributed by atoms with Crippen molar-refractivity contribution in [3.63, 3.8) is 0 Å². The van der Waals surface area contributed by atoms with Crippen molar-refractivity contribution in [3.05, 3.63) is 82.2 Å².